The summed E-state index contributed by atoms with van der Waals surface area (Å²) in [7, 11) is 0. The van der Waals surface area contributed by atoms with E-state index >= 15 is 0 Å². The summed E-state index contributed by atoms with van der Waals surface area (Å²) in [5.41, 5.74) is 2.64. The molecule has 0 amide bonds. The maximum absolute atomic E-state index is 5.53. The van der Waals surface area contributed by atoms with Crippen molar-refractivity contribution in [2.45, 2.75) is 6.92 Å². The van der Waals surface area contributed by atoms with Crippen molar-refractivity contribution in [3.63, 3.8) is 0 Å². The van der Waals surface area contributed by atoms with Gasteiger partial charge in [-0.3, -0.25) is 0 Å². The van der Waals surface area contributed by atoms with Crippen LogP contribution >= 0.6 is 0 Å². The van der Waals surface area contributed by atoms with Crippen molar-refractivity contribution in [3.8, 4) is 23.3 Å². The third kappa shape index (κ3) is 2.69. The summed E-state index contributed by atoms with van der Waals surface area (Å²) in [6.45, 7) is 3.14. The fourth-order valence-electron chi connectivity index (χ4n) is 1.87. The Bertz CT molecular complexity index is 668. The Morgan fingerprint density at radius 2 is 1.84 bits per heavy atom. The highest BCUT2D eigenvalue weighted by atomic mass is 16.6. The van der Waals surface area contributed by atoms with E-state index in [1.54, 1.807) is 0 Å². The maximum Gasteiger partial charge on any atom is 0.162 e. The van der Waals surface area contributed by atoms with Crippen LogP contribution in [0.3, 0.4) is 0 Å². The number of rotatable bonds is 0. The number of fused-ring (bicyclic) bond motifs is 1. The molecule has 1 aromatic carbocycles. The molecule has 0 unspecified atom stereocenters. The van der Waals surface area contributed by atoms with Gasteiger partial charge in [0.2, 0.25) is 0 Å². The molecule has 0 atom stereocenters. The van der Waals surface area contributed by atoms with E-state index in [1.165, 1.54) is 0 Å². The van der Waals surface area contributed by atoms with Gasteiger partial charge in [0.15, 0.2) is 11.5 Å². The summed E-state index contributed by atoms with van der Waals surface area (Å²) < 4.78 is 11.0. The Balaban J connectivity index is 1.88. The van der Waals surface area contributed by atoms with E-state index in [2.05, 4.69) is 16.8 Å². The van der Waals surface area contributed by atoms with Crippen LogP contribution in [0.25, 0.3) is 0 Å². The van der Waals surface area contributed by atoms with Gasteiger partial charge in [0.1, 0.15) is 18.9 Å². The zero-order chi connectivity index (χ0) is 13.1. The molecule has 19 heavy (non-hydrogen) atoms. The summed E-state index contributed by atoms with van der Waals surface area (Å²) in [4.78, 5) is 4.35. The summed E-state index contributed by atoms with van der Waals surface area (Å²) in [5.74, 6) is 7.68. The lowest BCUT2D eigenvalue weighted by Crippen LogP contribution is -2.15. The largest absolute Gasteiger partial charge is 0.486 e. The van der Waals surface area contributed by atoms with Gasteiger partial charge in [-0.1, -0.05) is 12.0 Å². The van der Waals surface area contributed by atoms with Gasteiger partial charge in [0.05, 0.1) is 0 Å². The second-order valence-electron chi connectivity index (χ2n) is 4.27. The van der Waals surface area contributed by atoms with Crippen LogP contribution in [0.4, 0.5) is 0 Å². The molecule has 0 saturated carbocycles. The zero-order valence-electron chi connectivity index (χ0n) is 10.6. The van der Waals surface area contributed by atoms with E-state index in [0.29, 0.717) is 13.2 Å². The van der Waals surface area contributed by atoms with E-state index in [-0.39, 0.29) is 0 Å². The van der Waals surface area contributed by atoms with Crippen molar-refractivity contribution in [2.24, 2.45) is 0 Å². The SMILES string of the molecule is Cc1cccc(C#Cc2ccc3c(c2)OCCO3)n1. The van der Waals surface area contributed by atoms with Crippen LogP contribution in [0.2, 0.25) is 0 Å². The Morgan fingerprint density at radius 3 is 2.68 bits per heavy atom. The second-order valence-corrected chi connectivity index (χ2v) is 4.27. The zero-order valence-corrected chi connectivity index (χ0v) is 10.6. The molecule has 94 valence electrons. The molecule has 1 aromatic heterocycles. The van der Waals surface area contributed by atoms with Gasteiger partial charge in [-0.15, -0.1) is 0 Å². The van der Waals surface area contributed by atoms with Crippen LogP contribution in [0.15, 0.2) is 36.4 Å². The summed E-state index contributed by atoms with van der Waals surface area (Å²) in [6.07, 6.45) is 0. The number of aryl methyl sites for hydroxylation is 1. The molecule has 2 heterocycles. The Labute approximate surface area is 112 Å². The third-order valence-electron chi connectivity index (χ3n) is 2.77. The minimum absolute atomic E-state index is 0.587. The van der Waals surface area contributed by atoms with Crippen molar-refractivity contribution >= 4 is 0 Å². The monoisotopic (exact) mass is 251 g/mol. The molecule has 2 aromatic rings. The number of nitrogens with zero attached hydrogens (tertiary/aromatic N) is 1. The number of ether oxygens (including phenoxy) is 2. The molecule has 0 saturated heterocycles. The lowest BCUT2D eigenvalue weighted by atomic mass is 10.2. The quantitative estimate of drug-likeness (QED) is 0.674. The Hall–Kier alpha value is -2.47. The molecule has 0 bridgehead atoms. The molecule has 3 heteroatoms. The van der Waals surface area contributed by atoms with Crippen LogP contribution in [0, 0.1) is 18.8 Å². The first kappa shape index (κ1) is 11.6. The first-order valence-corrected chi connectivity index (χ1v) is 6.16. The van der Waals surface area contributed by atoms with Gasteiger partial charge in [-0.05, 0) is 43.2 Å². The van der Waals surface area contributed by atoms with Crippen molar-refractivity contribution in [1.82, 2.24) is 4.98 Å². The number of aromatic nitrogens is 1. The highest BCUT2D eigenvalue weighted by molar-refractivity contribution is 5.50. The van der Waals surface area contributed by atoms with Crippen molar-refractivity contribution in [2.75, 3.05) is 13.2 Å². The standard InChI is InChI=1S/C16H13NO2/c1-12-3-2-4-14(17-12)7-5-13-6-8-15-16(11-13)19-10-9-18-15/h2-4,6,8,11H,9-10H2,1H3. The molecule has 0 N–H and O–H groups in total. The van der Waals surface area contributed by atoms with Crippen LogP contribution in [0.1, 0.15) is 17.0 Å². The molecule has 3 rings (SSSR count). The minimum Gasteiger partial charge on any atom is -0.486 e. The number of benzene rings is 1. The van der Waals surface area contributed by atoms with Gasteiger partial charge in [-0.25, -0.2) is 4.98 Å². The van der Waals surface area contributed by atoms with Gasteiger partial charge in [-0.2, -0.15) is 0 Å². The average molecular weight is 251 g/mol. The van der Waals surface area contributed by atoms with Crippen LogP contribution in [-0.4, -0.2) is 18.2 Å². The normalized spacial score (nSPS) is 12.5. The molecular formula is C16H13NO2. The Kier molecular flexibility index (Phi) is 3.07. The molecule has 0 fully saturated rings. The van der Waals surface area contributed by atoms with Gasteiger partial charge >= 0.3 is 0 Å². The molecule has 3 nitrogen and oxygen atoms in total. The fraction of sp³-hybridized carbons (Fsp3) is 0.188. The third-order valence-corrected chi connectivity index (χ3v) is 2.77. The number of pyridine rings is 1. The van der Waals surface area contributed by atoms with Gasteiger partial charge < -0.3 is 9.47 Å². The number of hydrogen-bond donors (Lipinski definition) is 0. The van der Waals surface area contributed by atoms with Crippen molar-refractivity contribution < 1.29 is 9.47 Å². The molecule has 1 aliphatic heterocycles. The van der Waals surface area contributed by atoms with E-state index in [0.717, 1.165) is 28.5 Å². The van der Waals surface area contributed by atoms with Crippen molar-refractivity contribution in [3.05, 3.63) is 53.3 Å². The van der Waals surface area contributed by atoms with E-state index in [4.69, 9.17) is 9.47 Å². The lowest BCUT2D eigenvalue weighted by Gasteiger charge is -2.17. The predicted molar refractivity (Wildman–Crippen MR) is 72.4 cm³/mol. The summed E-state index contributed by atoms with van der Waals surface area (Å²) in [6, 6.07) is 11.5. The van der Waals surface area contributed by atoms with E-state index in [9.17, 15) is 0 Å². The smallest absolute Gasteiger partial charge is 0.162 e. The Morgan fingerprint density at radius 1 is 1.00 bits per heavy atom. The van der Waals surface area contributed by atoms with Gasteiger partial charge in [0.25, 0.3) is 0 Å². The molecule has 0 aliphatic carbocycles. The highest BCUT2D eigenvalue weighted by Gasteiger charge is 2.10. The topological polar surface area (TPSA) is 31.4 Å². The lowest BCUT2D eigenvalue weighted by molar-refractivity contribution is 0.171. The first-order chi connectivity index (χ1) is 9.31. The molecular weight excluding hydrogens is 238 g/mol. The number of hydrogen-bond acceptors (Lipinski definition) is 3. The van der Waals surface area contributed by atoms with Crippen LogP contribution in [0.5, 0.6) is 11.5 Å². The van der Waals surface area contributed by atoms with E-state index < -0.39 is 0 Å². The van der Waals surface area contributed by atoms with Crippen LogP contribution < -0.4 is 9.47 Å². The van der Waals surface area contributed by atoms with Gasteiger partial charge in [0, 0.05) is 11.3 Å². The molecule has 0 spiro atoms. The molecule has 1 aliphatic rings. The summed E-state index contributed by atoms with van der Waals surface area (Å²) in [5, 5.41) is 0. The summed E-state index contributed by atoms with van der Waals surface area (Å²) >= 11 is 0. The molecule has 0 radical (unpaired) electrons. The fourth-order valence-corrected chi connectivity index (χ4v) is 1.87. The van der Waals surface area contributed by atoms with Crippen molar-refractivity contribution in [1.29, 1.82) is 0 Å². The average Bonchev–Trinajstić information content (AvgIpc) is 2.45. The predicted octanol–water partition coefficient (Wildman–Crippen LogP) is 2.56. The maximum atomic E-state index is 5.53. The highest BCUT2D eigenvalue weighted by Crippen LogP contribution is 2.30. The van der Waals surface area contributed by atoms with Crippen LogP contribution in [-0.2, 0) is 0 Å². The minimum atomic E-state index is 0.587. The van der Waals surface area contributed by atoms with E-state index in [1.807, 2.05) is 43.3 Å². The second kappa shape index (κ2) is 5.03. The first-order valence-electron chi connectivity index (χ1n) is 6.16.